The Morgan fingerprint density at radius 1 is 0.434 bits per heavy atom. The predicted octanol–water partition coefficient (Wildman–Crippen LogP) is 21.2. The molecule has 3 unspecified atom stereocenters. The van der Waals surface area contributed by atoms with Gasteiger partial charge in [-0.25, -0.2) is 4.57 Å². The number of unbranched alkanes of at least 4 members (excludes halogenated alkanes) is 23. The second kappa shape index (κ2) is 61.2. The Hall–Kier alpha value is -3.85. The molecule has 10 heteroatoms. The molecule has 9 nitrogen and oxygen atoms in total. The minimum atomic E-state index is -4.47. The fourth-order valence-electron chi connectivity index (χ4n) is 8.93. The molecular formula is C73H126N2O7P+. The third-order valence-corrected chi connectivity index (χ3v) is 15.1. The lowest BCUT2D eigenvalue weighted by molar-refractivity contribution is -0.870. The zero-order chi connectivity index (χ0) is 60.7. The summed E-state index contributed by atoms with van der Waals surface area (Å²) in [6.07, 6.45) is 87.5. The van der Waals surface area contributed by atoms with Gasteiger partial charge in [0.2, 0.25) is 5.91 Å². The van der Waals surface area contributed by atoms with Crippen LogP contribution in [0.4, 0.5) is 0 Å². The van der Waals surface area contributed by atoms with E-state index in [0.29, 0.717) is 17.4 Å². The van der Waals surface area contributed by atoms with Crippen LogP contribution in [0.3, 0.4) is 0 Å². The van der Waals surface area contributed by atoms with Gasteiger partial charge in [-0.15, -0.1) is 0 Å². The summed E-state index contributed by atoms with van der Waals surface area (Å²) in [6, 6.07) is -0.884. The number of phosphoric acid groups is 1. The van der Waals surface area contributed by atoms with E-state index in [2.05, 4.69) is 148 Å². The van der Waals surface area contributed by atoms with Gasteiger partial charge in [-0.2, -0.15) is 0 Å². The number of likely N-dealkylation sites (N-methyl/N-ethyl adjacent to an activating group) is 1. The summed E-state index contributed by atoms with van der Waals surface area (Å²) >= 11 is 0. The fourth-order valence-corrected chi connectivity index (χ4v) is 9.66. The van der Waals surface area contributed by atoms with E-state index in [0.717, 1.165) is 122 Å². The lowest BCUT2D eigenvalue weighted by atomic mass is 10.1. The number of amides is 1. The van der Waals surface area contributed by atoms with Gasteiger partial charge in [0.15, 0.2) is 0 Å². The van der Waals surface area contributed by atoms with Crippen molar-refractivity contribution < 1.29 is 37.3 Å². The van der Waals surface area contributed by atoms with Crippen molar-refractivity contribution in [1.82, 2.24) is 5.32 Å². The lowest BCUT2D eigenvalue weighted by Crippen LogP contribution is -2.47. The molecule has 0 heterocycles. The van der Waals surface area contributed by atoms with Crippen molar-refractivity contribution in [2.45, 2.75) is 277 Å². The number of hydrogen-bond acceptors (Lipinski definition) is 6. The summed E-state index contributed by atoms with van der Waals surface area (Å²) in [7, 11) is 1.44. The van der Waals surface area contributed by atoms with Crippen LogP contribution in [-0.4, -0.2) is 74.3 Å². The highest BCUT2D eigenvalue weighted by molar-refractivity contribution is 7.47. The molecule has 2 N–H and O–H groups in total. The Morgan fingerprint density at radius 3 is 1.19 bits per heavy atom. The summed E-state index contributed by atoms with van der Waals surface area (Å²) in [5.74, 6) is -0.571. The van der Waals surface area contributed by atoms with E-state index in [9.17, 15) is 19.0 Å². The Morgan fingerprint density at radius 2 is 0.771 bits per heavy atom. The number of carbonyl (C=O) groups is 2. The molecule has 0 radical (unpaired) electrons. The van der Waals surface area contributed by atoms with Crippen LogP contribution in [0.2, 0.25) is 0 Å². The number of nitrogens with one attached hydrogen (secondary N) is 1. The number of ether oxygens (including phenoxy) is 1. The predicted molar refractivity (Wildman–Crippen MR) is 359 cm³/mol. The van der Waals surface area contributed by atoms with Gasteiger partial charge in [0.05, 0.1) is 33.8 Å². The average molecular weight is 1170 g/mol. The van der Waals surface area contributed by atoms with Crippen LogP contribution in [-0.2, 0) is 27.9 Å². The maximum absolute atomic E-state index is 13.6. The van der Waals surface area contributed by atoms with E-state index < -0.39 is 20.0 Å². The van der Waals surface area contributed by atoms with Crippen molar-refractivity contribution in [2.24, 2.45) is 0 Å². The van der Waals surface area contributed by atoms with Gasteiger partial charge in [-0.3, -0.25) is 18.6 Å². The topological polar surface area (TPSA) is 111 Å². The number of phosphoric ester groups is 1. The summed E-state index contributed by atoms with van der Waals surface area (Å²) in [4.78, 5) is 37.8. The number of nitrogens with zero attached hydrogens (tertiary/aromatic N) is 1. The van der Waals surface area contributed by atoms with Gasteiger partial charge in [-0.1, -0.05) is 258 Å². The first kappa shape index (κ1) is 79.2. The van der Waals surface area contributed by atoms with E-state index in [-0.39, 0.29) is 37.9 Å². The highest BCUT2D eigenvalue weighted by atomic mass is 31.2. The molecule has 0 bridgehead atoms. The minimum absolute atomic E-state index is 0.0233. The molecule has 0 aromatic heterocycles. The number of hydrogen-bond donors (Lipinski definition) is 2. The fraction of sp³-hybridized carbons (Fsp3) is 0.671. The molecule has 0 rings (SSSR count). The third-order valence-electron chi connectivity index (χ3n) is 14.1. The Kier molecular flexibility index (Phi) is 58.4. The summed E-state index contributed by atoms with van der Waals surface area (Å²) in [5.41, 5.74) is 0. The minimum Gasteiger partial charge on any atom is -0.456 e. The Balaban J connectivity index is 5.21. The number of carbonyl (C=O) groups excluding carboxylic acids is 2. The van der Waals surface area contributed by atoms with Crippen molar-refractivity contribution in [2.75, 3.05) is 40.9 Å². The highest BCUT2D eigenvalue weighted by Crippen LogP contribution is 2.43. The molecule has 0 aliphatic heterocycles. The smallest absolute Gasteiger partial charge is 0.456 e. The molecule has 0 fully saturated rings. The quantitative estimate of drug-likeness (QED) is 0.0205. The van der Waals surface area contributed by atoms with Gasteiger partial charge in [0.25, 0.3) is 0 Å². The van der Waals surface area contributed by atoms with Crippen molar-refractivity contribution in [1.29, 1.82) is 0 Å². The lowest BCUT2D eigenvalue weighted by Gasteiger charge is -2.27. The van der Waals surface area contributed by atoms with Crippen LogP contribution < -0.4 is 5.32 Å². The number of rotatable bonds is 59. The second-order valence-electron chi connectivity index (χ2n) is 23.3. The molecule has 1 amide bonds. The van der Waals surface area contributed by atoms with Crippen LogP contribution in [0.25, 0.3) is 0 Å². The normalized spacial score (nSPS) is 14.4. The standard InChI is InChI=1S/C73H125N2O7P/c1-7-10-13-16-19-22-25-27-29-31-33-35-36-37-38-40-42-44-46-48-51-54-57-60-63-66-73(77)82-71(64-61-58-55-52-49-24-21-18-15-12-9-3)70(69-81-83(78,79)80-68-67-75(4,5)6)74-72(76)65-62-59-56-53-50-47-45-43-41-39-34-32-30-28-26-23-20-17-14-11-8-2/h11,14,19-20,22-23,27-30,33-35,37-39,43,45,50,53,61,64,70-71H,7-10,12-13,15-18,21,24-26,31-32,36,40-42,44,46-49,51-52,54-60,62-63,65-69H2,1-6H3,(H-,74,76,78,79)/p+1/b14-11-,22-19-,23-20-,29-27-,30-28-,35-33-,38-37-,39-34-,45-43-,53-50-,64-61+. The van der Waals surface area contributed by atoms with Gasteiger partial charge in [0, 0.05) is 12.8 Å². The molecule has 0 aromatic carbocycles. The van der Waals surface area contributed by atoms with Gasteiger partial charge in [0.1, 0.15) is 19.3 Å². The zero-order valence-corrected chi connectivity index (χ0v) is 55.0. The van der Waals surface area contributed by atoms with E-state index >= 15 is 0 Å². The van der Waals surface area contributed by atoms with E-state index in [1.54, 1.807) is 0 Å². The Labute approximate surface area is 511 Å². The molecule has 0 aliphatic rings. The molecule has 0 aromatic rings. The van der Waals surface area contributed by atoms with E-state index in [1.807, 2.05) is 33.3 Å². The van der Waals surface area contributed by atoms with E-state index in [1.165, 1.54) is 103 Å². The van der Waals surface area contributed by atoms with Crippen LogP contribution in [0.15, 0.2) is 134 Å². The van der Waals surface area contributed by atoms with Crippen molar-refractivity contribution in [3.63, 3.8) is 0 Å². The first-order chi connectivity index (χ1) is 40.4. The molecular weight excluding hydrogens is 1050 g/mol. The monoisotopic (exact) mass is 1170 g/mol. The summed E-state index contributed by atoms with van der Waals surface area (Å²) < 4.78 is 30.7. The van der Waals surface area contributed by atoms with Gasteiger partial charge in [-0.05, 0) is 128 Å². The van der Waals surface area contributed by atoms with E-state index in [4.69, 9.17) is 13.8 Å². The van der Waals surface area contributed by atoms with Crippen molar-refractivity contribution >= 4 is 19.7 Å². The van der Waals surface area contributed by atoms with Crippen LogP contribution >= 0.6 is 7.82 Å². The maximum Gasteiger partial charge on any atom is 0.472 e. The SMILES string of the molecule is CC/C=C\C/C=C\C/C=C\C/C=C\C/C=C\C/C=C\CCCCC(=O)NC(COP(=O)(O)OCC[N+](C)(C)C)C(/C=C/CCCCCCCCCCC)OC(=O)CCCCCCCCCCC/C=C\C/C=C\C/C=C\C/C=C\CCCCC. The number of esters is 1. The largest absolute Gasteiger partial charge is 0.472 e. The first-order valence-electron chi connectivity index (χ1n) is 33.5. The first-order valence-corrected chi connectivity index (χ1v) is 35.0. The van der Waals surface area contributed by atoms with Crippen molar-refractivity contribution in [3.05, 3.63) is 134 Å². The average Bonchev–Trinajstić information content (AvgIpc) is 3.51. The van der Waals surface area contributed by atoms with Gasteiger partial charge < -0.3 is 19.4 Å². The van der Waals surface area contributed by atoms with Crippen LogP contribution in [0.5, 0.6) is 0 Å². The number of quaternary nitrogens is 1. The second-order valence-corrected chi connectivity index (χ2v) is 24.7. The summed E-state index contributed by atoms with van der Waals surface area (Å²) in [6.45, 7) is 6.82. The van der Waals surface area contributed by atoms with Gasteiger partial charge >= 0.3 is 13.8 Å². The molecule has 0 saturated carbocycles. The highest BCUT2D eigenvalue weighted by Gasteiger charge is 2.30. The molecule has 3 atom stereocenters. The Bertz CT molecular complexity index is 1880. The molecule has 0 spiro atoms. The third kappa shape index (κ3) is 62.5. The van der Waals surface area contributed by atoms with Crippen molar-refractivity contribution in [3.8, 4) is 0 Å². The summed E-state index contributed by atoms with van der Waals surface area (Å²) in [5, 5.41) is 3.03. The molecule has 0 aliphatic carbocycles. The van der Waals surface area contributed by atoms with Crippen LogP contribution in [0, 0.1) is 0 Å². The van der Waals surface area contributed by atoms with Crippen LogP contribution in [0.1, 0.15) is 265 Å². The molecule has 474 valence electrons. The maximum atomic E-state index is 13.6. The molecule has 83 heavy (non-hydrogen) atoms. The molecule has 0 saturated heterocycles. The number of allylic oxidation sites excluding steroid dienone is 21. The zero-order valence-electron chi connectivity index (χ0n) is 54.1.